The molecule has 1 aliphatic rings. The normalized spacial score (nSPS) is 17.2. The number of nitrogens with one attached hydrogen (secondary N) is 1. The van der Waals surface area contributed by atoms with Gasteiger partial charge in [-0.2, -0.15) is 0 Å². The molecule has 0 radical (unpaired) electrons. The van der Waals surface area contributed by atoms with Crippen LogP contribution in [-0.2, 0) is 0 Å². The first-order valence-electron chi connectivity index (χ1n) is 6.08. The van der Waals surface area contributed by atoms with E-state index in [1.165, 1.54) is 37.9 Å². The van der Waals surface area contributed by atoms with Crippen molar-refractivity contribution in [3.05, 3.63) is 23.9 Å². The zero-order valence-corrected chi connectivity index (χ0v) is 10.1. The van der Waals surface area contributed by atoms with Crippen LogP contribution in [-0.4, -0.2) is 22.6 Å². The van der Waals surface area contributed by atoms with E-state index in [0.29, 0.717) is 11.2 Å². The molecule has 1 aliphatic carbocycles. The van der Waals surface area contributed by atoms with Gasteiger partial charge in [0.2, 0.25) is 0 Å². The lowest BCUT2D eigenvalue weighted by Gasteiger charge is -2.41. The third-order valence-electron chi connectivity index (χ3n) is 3.82. The highest BCUT2D eigenvalue weighted by Crippen LogP contribution is 2.43. The molecule has 92 valence electrons. The van der Waals surface area contributed by atoms with Gasteiger partial charge >= 0.3 is 5.97 Å². The first-order valence-corrected chi connectivity index (χ1v) is 6.08. The van der Waals surface area contributed by atoms with E-state index in [9.17, 15) is 4.79 Å². The third-order valence-corrected chi connectivity index (χ3v) is 3.82. The van der Waals surface area contributed by atoms with Crippen molar-refractivity contribution in [1.82, 2.24) is 4.98 Å². The van der Waals surface area contributed by atoms with Crippen molar-refractivity contribution in [2.45, 2.75) is 32.6 Å². The van der Waals surface area contributed by atoms with E-state index in [0.717, 1.165) is 6.54 Å². The molecule has 1 aromatic heterocycles. The number of pyridine rings is 1. The van der Waals surface area contributed by atoms with Gasteiger partial charge in [-0.25, -0.2) is 9.78 Å². The molecule has 0 amide bonds. The van der Waals surface area contributed by atoms with Gasteiger partial charge in [0.25, 0.3) is 0 Å². The molecule has 1 saturated carbocycles. The van der Waals surface area contributed by atoms with E-state index < -0.39 is 5.97 Å². The molecule has 1 aromatic rings. The molecule has 2 N–H and O–H groups in total. The number of rotatable bonds is 5. The van der Waals surface area contributed by atoms with Crippen molar-refractivity contribution in [1.29, 1.82) is 0 Å². The molecule has 0 aromatic carbocycles. The van der Waals surface area contributed by atoms with Gasteiger partial charge in [-0.15, -0.1) is 0 Å². The van der Waals surface area contributed by atoms with Crippen LogP contribution in [0.2, 0.25) is 0 Å². The SMILES string of the molecule is CCC1(CNc2cc(C(=O)O)ccn2)CCC1. The third kappa shape index (κ3) is 2.57. The number of hydrogen-bond acceptors (Lipinski definition) is 3. The fourth-order valence-electron chi connectivity index (χ4n) is 2.27. The standard InChI is InChI=1S/C13H18N2O2/c1-2-13(5-3-6-13)9-15-11-8-10(12(16)17)4-7-14-11/h4,7-8H,2-3,5-6,9H2,1H3,(H,14,15)(H,16,17). The number of anilines is 1. The van der Waals surface area contributed by atoms with Crippen LogP contribution in [0, 0.1) is 5.41 Å². The van der Waals surface area contributed by atoms with Crippen LogP contribution in [0.1, 0.15) is 43.0 Å². The lowest BCUT2D eigenvalue weighted by Crippen LogP contribution is -2.36. The first kappa shape index (κ1) is 11.9. The zero-order chi connectivity index (χ0) is 12.3. The Balaban J connectivity index is 1.99. The maximum Gasteiger partial charge on any atom is 0.335 e. The van der Waals surface area contributed by atoms with Crippen LogP contribution in [0.3, 0.4) is 0 Å². The van der Waals surface area contributed by atoms with Crippen molar-refractivity contribution in [2.24, 2.45) is 5.41 Å². The molecule has 1 fully saturated rings. The van der Waals surface area contributed by atoms with Crippen molar-refractivity contribution in [3.63, 3.8) is 0 Å². The highest BCUT2D eigenvalue weighted by Gasteiger charge is 2.34. The highest BCUT2D eigenvalue weighted by molar-refractivity contribution is 5.88. The molecule has 17 heavy (non-hydrogen) atoms. The number of hydrogen-bond donors (Lipinski definition) is 2. The molecule has 0 aliphatic heterocycles. The average molecular weight is 234 g/mol. The molecule has 0 unspecified atom stereocenters. The molecular formula is C13H18N2O2. The van der Waals surface area contributed by atoms with Crippen LogP contribution in [0.4, 0.5) is 5.82 Å². The lowest BCUT2D eigenvalue weighted by molar-refractivity contribution is 0.0697. The van der Waals surface area contributed by atoms with Crippen molar-refractivity contribution < 1.29 is 9.90 Å². The molecule has 0 spiro atoms. The Labute approximate surface area is 101 Å². The van der Waals surface area contributed by atoms with Gasteiger partial charge in [-0.3, -0.25) is 0 Å². The summed E-state index contributed by atoms with van der Waals surface area (Å²) in [6, 6.07) is 3.09. The van der Waals surface area contributed by atoms with Crippen LogP contribution in [0.5, 0.6) is 0 Å². The lowest BCUT2D eigenvalue weighted by atomic mass is 9.67. The fraction of sp³-hybridized carbons (Fsp3) is 0.538. The van der Waals surface area contributed by atoms with E-state index in [2.05, 4.69) is 17.2 Å². The molecule has 0 atom stereocenters. The summed E-state index contributed by atoms with van der Waals surface area (Å²) in [5.74, 6) is -0.256. The van der Waals surface area contributed by atoms with Gasteiger partial charge in [0.1, 0.15) is 5.82 Å². The topological polar surface area (TPSA) is 62.2 Å². The summed E-state index contributed by atoms with van der Waals surface area (Å²) in [6.45, 7) is 3.10. The van der Waals surface area contributed by atoms with E-state index in [4.69, 9.17) is 5.11 Å². The summed E-state index contributed by atoms with van der Waals surface area (Å²) in [4.78, 5) is 15.0. The average Bonchev–Trinajstić information content (AvgIpc) is 2.28. The number of carbonyl (C=O) groups is 1. The van der Waals surface area contributed by atoms with E-state index in [-0.39, 0.29) is 5.56 Å². The van der Waals surface area contributed by atoms with Crippen molar-refractivity contribution in [3.8, 4) is 0 Å². The monoisotopic (exact) mass is 234 g/mol. The Hall–Kier alpha value is -1.58. The summed E-state index contributed by atoms with van der Waals surface area (Å²) in [5.41, 5.74) is 0.683. The minimum absolute atomic E-state index is 0.279. The van der Waals surface area contributed by atoms with Gasteiger partial charge in [-0.05, 0) is 36.8 Å². The minimum atomic E-state index is -0.913. The molecule has 0 saturated heterocycles. The van der Waals surface area contributed by atoms with Crippen molar-refractivity contribution >= 4 is 11.8 Å². The number of carboxylic acids is 1. The van der Waals surface area contributed by atoms with Crippen molar-refractivity contribution in [2.75, 3.05) is 11.9 Å². The number of aromatic nitrogens is 1. The van der Waals surface area contributed by atoms with Gasteiger partial charge < -0.3 is 10.4 Å². The summed E-state index contributed by atoms with van der Waals surface area (Å²) < 4.78 is 0. The molecule has 4 nitrogen and oxygen atoms in total. The number of aromatic carboxylic acids is 1. The quantitative estimate of drug-likeness (QED) is 0.822. The van der Waals surface area contributed by atoms with Gasteiger partial charge in [0, 0.05) is 12.7 Å². The Bertz CT molecular complexity index is 408. The van der Waals surface area contributed by atoms with Gasteiger partial charge in [-0.1, -0.05) is 13.3 Å². The second-order valence-electron chi connectivity index (χ2n) is 4.80. The maximum atomic E-state index is 10.8. The Morgan fingerprint density at radius 3 is 2.88 bits per heavy atom. The second kappa shape index (κ2) is 4.73. The molecule has 1 heterocycles. The molecule has 0 bridgehead atoms. The van der Waals surface area contributed by atoms with Crippen LogP contribution >= 0.6 is 0 Å². The smallest absolute Gasteiger partial charge is 0.335 e. The Kier molecular flexibility index (Phi) is 3.31. The Morgan fingerprint density at radius 2 is 2.35 bits per heavy atom. The van der Waals surface area contributed by atoms with Crippen LogP contribution in [0.25, 0.3) is 0 Å². The van der Waals surface area contributed by atoms with E-state index in [1.54, 1.807) is 6.07 Å². The van der Waals surface area contributed by atoms with E-state index >= 15 is 0 Å². The predicted molar refractivity (Wildman–Crippen MR) is 66.3 cm³/mol. The minimum Gasteiger partial charge on any atom is -0.478 e. The van der Waals surface area contributed by atoms with Crippen LogP contribution in [0.15, 0.2) is 18.3 Å². The van der Waals surface area contributed by atoms with Gasteiger partial charge in [0.05, 0.1) is 5.56 Å². The molecule has 4 heteroatoms. The summed E-state index contributed by atoms with van der Waals surface area (Å²) in [6.07, 6.45) is 6.52. The maximum absolute atomic E-state index is 10.8. The largest absolute Gasteiger partial charge is 0.478 e. The van der Waals surface area contributed by atoms with Crippen LogP contribution < -0.4 is 5.32 Å². The number of nitrogens with zero attached hydrogens (tertiary/aromatic N) is 1. The fourth-order valence-corrected chi connectivity index (χ4v) is 2.27. The van der Waals surface area contributed by atoms with Gasteiger partial charge in [0.15, 0.2) is 0 Å². The summed E-state index contributed by atoms with van der Waals surface area (Å²) in [7, 11) is 0. The highest BCUT2D eigenvalue weighted by atomic mass is 16.4. The molecular weight excluding hydrogens is 216 g/mol. The summed E-state index contributed by atoms with van der Waals surface area (Å²) in [5, 5.41) is 12.1. The Morgan fingerprint density at radius 1 is 1.59 bits per heavy atom. The second-order valence-corrected chi connectivity index (χ2v) is 4.80. The predicted octanol–water partition coefficient (Wildman–Crippen LogP) is 2.77. The first-order chi connectivity index (χ1) is 8.15. The van der Waals surface area contributed by atoms with E-state index in [1.807, 2.05) is 0 Å². The molecule has 2 rings (SSSR count). The zero-order valence-electron chi connectivity index (χ0n) is 10.1. The summed E-state index contributed by atoms with van der Waals surface area (Å²) >= 11 is 0. The number of carboxylic acid groups (broad SMARTS) is 1.